The number of carbonyl (C=O) groups is 3. The quantitative estimate of drug-likeness (QED) is 0.0201. The van der Waals surface area contributed by atoms with Crippen LogP contribution in [0.25, 0.3) is 0 Å². The number of quaternary nitrogens is 1. The fourth-order valence-electron chi connectivity index (χ4n) is 6.19. The largest absolute Gasteiger partial charge is 0.544 e. The second-order valence-corrected chi connectivity index (χ2v) is 15.9. The molecular formula is C48H83NO7. The minimum atomic E-state index is -1.13. The molecule has 2 atom stereocenters. The highest BCUT2D eigenvalue weighted by Crippen LogP contribution is 2.13. The molecule has 0 N–H and O–H groups in total. The maximum absolute atomic E-state index is 12.7. The van der Waals surface area contributed by atoms with E-state index in [-0.39, 0.29) is 42.7 Å². The number of carboxylic acid groups (broad SMARTS) is 1. The number of aliphatic carboxylic acids is 1. The molecular weight excluding hydrogens is 703 g/mol. The maximum atomic E-state index is 12.7. The Labute approximate surface area is 343 Å². The van der Waals surface area contributed by atoms with Crippen LogP contribution in [0.3, 0.4) is 0 Å². The van der Waals surface area contributed by atoms with E-state index in [9.17, 15) is 19.5 Å². The number of hydrogen-bond donors (Lipinski definition) is 0. The van der Waals surface area contributed by atoms with Gasteiger partial charge in [-0.15, -0.1) is 0 Å². The molecule has 0 bridgehead atoms. The summed E-state index contributed by atoms with van der Waals surface area (Å²) in [6.07, 6.45) is 46.7. The molecule has 0 saturated heterocycles. The summed E-state index contributed by atoms with van der Waals surface area (Å²) in [4.78, 5) is 36.8. The second kappa shape index (κ2) is 38.9. The molecule has 0 aromatic carbocycles. The second-order valence-electron chi connectivity index (χ2n) is 15.9. The van der Waals surface area contributed by atoms with Crippen molar-refractivity contribution in [1.82, 2.24) is 0 Å². The van der Waals surface area contributed by atoms with Crippen LogP contribution in [0.4, 0.5) is 0 Å². The van der Waals surface area contributed by atoms with Crippen LogP contribution in [-0.4, -0.2) is 75.5 Å². The van der Waals surface area contributed by atoms with Gasteiger partial charge in [0.15, 0.2) is 6.10 Å². The van der Waals surface area contributed by atoms with Crippen LogP contribution < -0.4 is 5.11 Å². The summed E-state index contributed by atoms with van der Waals surface area (Å²) in [5.41, 5.74) is 0. The first-order chi connectivity index (χ1) is 27.1. The summed E-state index contributed by atoms with van der Waals surface area (Å²) in [6, 6.07) is -0.734. The molecule has 0 aromatic rings. The van der Waals surface area contributed by atoms with Gasteiger partial charge in [0.25, 0.3) is 0 Å². The molecule has 0 aliphatic rings. The fraction of sp³-hybridized carbons (Fsp3) is 0.729. The molecule has 0 saturated carbocycles. The lowest BCUT2D eigenvalue weighted by Gasteiger charge is -2.34. The smallest absolute Gasteiger partial charge is 0.306 e. The van der Waals surface area contributed by atoms with Gasteiger partial charge in [-0.25, -0.2) is 0 Å². The molecule has 8 nitrogen and oxygen atoms in total. The van der Waals surface area contributed by atoms with Crippen molar-refractivity contribution in [2.45, 2.75) is 187 Å². The maximum Gasteiger partial charge on any atom is 0.306 e. The molecule has 0 aromatic heterocycles. The molecule has 0 spiro atoms. The lowest BCUT2D eigenvalue weighted by molar-refractivity contribution is -0.889. The van der Waals surface area contributed by atoms with E-state index in [0.717, 1.165) is 83.5 Å². The topological polar surface area (TPSA) is 102 Å². The fourth-order valence-corrected chi connectivity index (χ4v) is 6.19. The molecule has 0 heterocycles. The van der Waals surface area contributed by atoms with Crippen LogP contribution in [-0.2, 0) is 28.6 Å². The van der Waals surface area contributed by atoms with Crippen molar-refractivity contribution in [1.29, 1.82) is 0 Å². The van der Waals surface area contributed by atoms with Gasteiger partial charge in [-0.1, -0.05) is 145 Å². The summed E-state index contributed by atoms with van der Waals surface area (Å²) in [6.45, 7) is 4.49. The number of esters is 2. The number of carboxylic acids is 1. The predicted octanol–water partition coefficient (Wildman–Crippen LogP) is 10.9. The van der Waals surface area contributed by atoms with Crippen molar-refractivity contribution in [3.63, 3.8) is 0 Å². The summed E-state index contributed by atoms with van der Waals surface area (Å²) in [5.74, 6) is -1.79. The normalized spacial score (nSPS) is 13.5. The van der Waals surface area contributed by atoms with Crippen molar-refractivity contribution < 1.29 is 38.2 Å². The number of ether oxygens (including phenoxy) is 3. The van der Waals surface area contributed by atoms with Crippen LogP contribution in [0.1, 0.15) is 174 Å². The Hall–Kier alpha value is -2.97. The summed E-state index contributed by atoms with van der Waals surface area (Å²) < 4.78 is 17.1. The third kappa shape index (κ3) is 36.7. The number of hydrogen-bond acceptors (Lipinski definition) is 7. The molecule has 0 amide bonds. The number of allylic oxidation sites excluding steroid dienone is 10. The minimum absolute atomic E-state index is 0.0246. The first-order valence-electron chi connectivity index (χ1n) is 22.3. The monoisotopic (exact) mass is 786 g/mol. The first-order valence-corrected chi connectivity index (χ1v) is 22.3. The predicted molar refractivity (Wildman–Crippen MR) is 231 cm³/mol. The van der Waals surface area contributed by atoms with E-state index >= 15 is 0 Å². The van der Waals surface area contributed by atoms with Gasteiger partial charge >= 0.3 is 11.9 Å². The van der Waals surface area contributed by atoms with E-state index in [0.29, 0.717) is 12.8 Å². The van der Waals surface area contributed by atoms with Crippen LogP contribution in [0.2, 0.25) is 0 Å². The van der Waals surface area contributed by atoms with Crippen LogP contribution in [0, 0.1) is 0 Å². The Kier molecular flexibility index (Phi) is 36.8. The van der Waals surface area contributed by atoms with Gasteiger partial charge in [-0.2, -0.15) is 0 Å². The molecule has 0 aliphatic carbocycles. The van der Waals surface area contributed by atoms with E-state index in [2.05, 4.69) is 74.6 Å². The van der Waals surface area contributed by atoms with Gasteiger partial charge in [0.1, 0.15) is 12.6 Å². The Morgan fingerprint density at radius 1 is 0.571 bits per heavy atom. The molecule has 8 heteroatoms. The number of likely N-dealkylation sites (N-methyl/N-ethyl adjacent to an activating group) is 1. The minimum Gasteiger partial charge on any atom is -0.544 e. The summed E-state index contributed by atoms with van der Waals surface area (Å²) >= 11 is 0. The molecule has 0 radical (unpaired) electrons. The average molecular weight is 786 g/mol. The third-order valence-electron chi connectivity index (χ3n) is 9.67. The molecule has 56 heavy (non-hydrogen) atoms. The van der Waals surface area contributed by atoms with E-state index in [4.69, 9.17) is 14.2 Å². The number of rotatable bonds is 39. The average Bonchev–Trinajstić information content (AvgIpc) is 3.15. The van der Waals surface area contributed by atoms with Gasteiger partial charge in [-0.3, -0.25) is 9.59 Å². The molecule has 0 fully saturated rings. The number of unbranched alkanes of at least 4 members (excludes halogenated alkanes) is 16. The van der Waals surface area contributed by atoms with Crippen LogP contribution in [0.5, 0.6) is 0 Å². The van der Waals surface area contributed by atoms with Gasteiger partial charge in [0.05, 0.1) is 40.3 Å². The highest BCUT2D eigenvalue weighted by Gasteiger charge is 2.25. The van der Waals surface area contributed by atoms with E-state index in [1.807, 2.05) is 0 Å². The molecule has 0 rings (SSSR count). The zero-order valence-electron chi connectivity index (χ0n) is 36.5. The van der Waals surface area contributed by atoms with Crippen molar-refractivity contribution in [2.75, 3.05) is 41.0 Å². The SMILES string of the molecule is CC/C=C/C/C=C/C/C=C/CCCCCCCCC(=O)OC(COCCC(C(=O)[O-])[N+](C)(C)C)COC(=O)CCCCC/C=C/C=C/CCCCCCCCC. The summed E-state index contributed by atoms with van der Waals surface area (Å²) in [5, 5.41) is 11.6. The van der Waals surface area contributed by atoms with Gasteiger partial charge < -0.3 is 28.6 Å². The van der Waals surface area contributed by atoms with E-state index in [1.54, 1.807) is 21.1 Å². The van der Waals surface area contributed by atoms with Crippen molar-refractivity contribution in [3.8, 4) is 0 Å². The lowest BCUT2D eigenvalue weighted by Crippen LogP contribution is -2.55. The lowest BCUT2D eigenvalue weighted by atomic mass is 10.1. The molecule has 322 valence electrons. The highest BCUT2D eigenvalue weighted by atomic mass is 16.6. The summed E-state index contributed by atoms with van der Waals surface area (Å²) in [7, 11) is 5.39. The van der Waals surface area contributed by atoms with Crippen molar-refractivity contribution in [2.24, 2.45) is 0 Å². The highest BCUT2D eigenvalue weighted by molar-refractivity contribution is 5.70. The zero-order valence-corrected chi connectivity index (χ0v) is 36.5. The van der Waals surface area contributed by atoms with Crippen molar-refractivity contribution >= 4 is 17.9 Å². The van der Waals surface area contributed by atoms with Crippen LogP contribution in [0.15, 0.2) is 60.8 Å². The Bertz CT molecular complexity index is 1100. The first kappa shape index (κ1) is 53.0. The molecule has 2 unspecified atom stereocenters. The number of carbonyl (C=O) groups excluding carboxylic acids is 3. The van der Waals surface area contributed by atoms with Crippen molar-refractivity contribution in [3.05, 3.63) is 60.8 Å². The molecule has 0 aliphatic heterocycles. The standard InChI is InChI=1S/C48H83NO7/c1-6-8-10-12-14-16-18-20-22-24-26-28-30-32-34-36-38-46(50)55-43-44(42-54-41-40-45(48(52)53)49(3,4)5)56-47(51)39-37-35-33-31-29-27-25-23-21-19-17-15-13-11-9-7-2/h9,11,15,17,21-24,26,28,44-45H,6-8,10,12-14,16,18-20,25,27,29-43H2,1-5H3/b11-9+,17-15+,23-21+,24-22+,28-26+. The Morgan fingerprint density at radius 2 is 1.05 bits per heavy atom. The van der Waals surface area contributed by atoms with Gasteiger partial charge in [-0.05, 0) is 70.6 Å². The van der Waals surface area contributed by atoms with E-state index in [1.165, 1.54) is 57.8 Å². The van der Waals surface area contributed by atoms with Crippen LogP contribution >= 0.6 is 0 Å². The van der Waals surface area contributed by atoms with E-state index < -0.39 is 18.1 Å². The Morgan fingerprint density at radius 3 is 1.61 bits per heavy atom. The third-order valence-corrected chi connectivity index (χ3v) is 9.67. The Balaban J connectivity index is 4.42. The van der Waals surface area contributed by atoms with Gasteiger partial charge in [0, 0.05) is 19.3 Å². The number of nitrogens with zero attached hydrogens (tertiary/aromatic N) is 1. The zero-order chi connectivity index (χ0) is 41.4. The van der Waals surface area contributed by atoms with Gasteiger partial charge in [0.2, 0.25) is 0 Å².